The van der Waals surface area contributed by atoms with Gasteiger partial charge in [0.15, 0.2) is 0 Å². The standard InChI is InChI=1S/C16H25N3O/c1-20-15-6-5-13(11-17)16(10-15)19-9-8-18-7-3-2-4-14(18)12-19/h5-6,10,14H,2-4,7-9,11-12,17H2,1H3. The van der Waals surface area contributed by atoms with E-state index in [1.165, 1.54) is 43.6 Å². The third kappa shape index (κ3) is 2.63. The van der Waals surface area contributed by atoms with Crippen molar-refractivity contribution in [1.29, 1.82) is 0 Å². The Balaban J connectivity index is 1.81. The molecule has 0 aliphatic carbocycles. The lowest BCUT2D eigenvalue weighted by molar-refractivity contribution is 0.133. The van der Waals surface area contributed by atoms with Gasteiger partial charge in [0.25, 0.3) is 0 Å². The molecule has 2 heterocycles. The zero-order chi connectivity index (χ0) is 13.9. The van der Waals surface area contributed by atoms with Crippen LogP contribution < -0.4 is 15.4 Å². The molecule has 2 N–H and O–H groups in total. The van der Waals surface area contributed by atoms with E-state index < -0.39 is 0 Å². The van der Waals surface area contributed by atoms with Crippen molar-refractivity contribution in [3.63, 3.8) is 0 Å². The number of piperazine rings is 1. The zero-order valence-corrected chi connectivity index (χ0v) is 12.3. The van der Waals surface area contributed by atoms with Gasteiger partial charge in [0.1, 0.15) is 5.75 Å². The fourth-order valence-corrected chi connectivity index (χ4v) is 3.51. The van der Waals surface area contributed by atoms with Gasteiger partial charge in [-0.1, -0.05) is 12.5 Å². The second-order valence-electron chi connectivity index (χ2n) is 5.83. The summed E-state index contributed by atoms with van der Waals surface area (Å²) in [5.74, 6) is 0.920. The molecule has 2 fully saturated rings. The smallest absolute Gasteiger partial charge is 0.120 e. The Morgan fingerprint density at radius 3 is 2.95 bits per heavy atom. The van der Waals surface area contributed by atoms with E-state index in [0.717, 1.165) is 18.8 Å². The second-order valence-corrected chi connectivity index (χ2v) is 5.83. The molecule has 110 valence electrons. The number of ether oxygens (including phenoxy) is 1. The third-order valence-corrected chi connectivity index (χ3v) is 4.69. The number of benzene rings is 1. The molecule has 1 atom stereocenters. The summed E-state index contributed by atoms with van der Waals surface area (Å²) >= 11 is 0. The van der Waals surface area contributed by atoms with Crippen LogP contribution >= 0.6 is 0 Å². The Morgan fingerprint density at radius 1 is 1.25 bits per heavy atom. The molecular formula is C16H25N3O. The van der Waals surface area contributed by atoms with Gasteiger partial charge < -0.3 is 15.4 Å². The Hall–Kier alpha value is -1.26. The monoisotopic (exact) mass is 275 g/mol. The molecule has 0 spiro atoms. The first-order valence-electron chi connectivity index (χ1n) is 7.68. The number of anilines is 1. The summed E-state index contributed by atoms with van der Waals surface area (Å²) in [6.07, 6.45) is 4.07. The van der Waals surface area contributed by atoms with E-state index in [-0.39, 0.29) is 0 Å². The zero-order valence-electron chi connectivity index (χ0n) is 12.3. The van der Waals surface area contributed by atoms with Crippen LogP contribution in [0.2, 0.25) is 0 Å². The van der Waals surface area contributed by atoms with Crippen molar-refractivity contribution in [2.24, 2.45) is 5.73 Å². The summed E-state index contributed by atoms with van der Waals surface area (Å²) in [5, 5.41) is 0. The molecule has 20 heavy (non-hydrogen) atoms. The van der Waals surface area contributed by atoms with E-state index in [4.69, 9.17) is 10.5 Å². The van der Waals surface area contributed by atoms with E-state index in [1.54, 1.807) is 7.11 Å². The van der Waals surface area contributed by atoms with Crippen LogP contribution in [-0.4, -0.2) is 44.2 Å². The average molecular weight is 275 g/mol. The molecule has 1 aromatic rings. The molecule has 0 saturated carbocycles. The van der Waals surface area contributed by atoms with Crippen molar-refractivity contribution in [2.45, 2.75) is 31.8 Å². The van der Waals surface area contributed by atoms with Crippen LogP contribution in [0.1, 0.15) is 24.8 Å². The minimum absolute atomic E-state index is 0.588. The highest BCUT2D eigenvalue weighted by atomic mass is 16.5. The quantitative estimate of drug-likeness (QED) is 0.914. The lowest BCUT2D eigenvalue weighted by atomic mass is 9.98. The van der Waals surface area contributed by atoms with E-state index >= 15 is 0 Å². The maximum Gasteiger partial charge on any atom is 0.120 e. The van der Waals surface area contributed by atoms with Crippen LogP contribution in [0.4, 0.5) is 5.69 Å². The second kappa shape index (κ2) is 6.02. The molecule has 3 rings (SSSR count). The molecule has 2 aliphatic rings. The number of fused-ring (bicyclic) bond motifs is 1. The Kier molecular flexibility index (Phi) is 4.13. The van der Waals surface area contributed by atoms with Crippen LogP contribution in [0.5, 0.6) is 5.75 Å². The molecule has 1 aromatic carbocycles. The highest BCUT2D eigenvalue weighted by molar-refractivity contribution is 5.57. The van der Waals surface area contributed by atoms with Crippen molar-refractivity contribution >= 4 is 5.69 Å². The Bertz CT molecular complexity index is 463. The normalized spacial score (nSPS) is 23.5. The summed E-state index contributed by atoms with van der Waals surface area (Å²) in [7, 11) is 1.72. The number of nitrogens with zero attached hydrogens (tertiary/aromatic N) is 2. The van der Waals surface area contributed by atoms with Crippen LogP contribution in [0.3, 0.4) is 0 Å². The van der Waals surface area contributed by atoms with Gasteiger partial charge >= 0.3 is 0 Å². The maximum absolute atomic E-state index is 5.90. The van der Waals surface area contributed by atoms with Gasteiger partial charge in [-0.3, -0.25) is 4.90 Å². The molecule has 2 aliphatic heterocycles. The highest BCUT2D eigenvalue weighted by Crippen LogP contribution is 2.30. The average Bonchev–Trinajstić information content (AvgIpc) is 2.53. The molecule has 0 aromatic heterocycles. The molecule has 0 radical (unpaired) electrons. The van der Waals surface area contributed by atoms with Gasteiger partial charge in [-0.15, -0.1) is 0 Å². The highest BCUT2D eigenvalue weighted by Gasteiger charge is 2.29. The van der Waals surface area contributed by atoms with Crippen LogP contribution in [-0.2, 0) is 6.54 Å². The van der Waals surface area contributed by atoms with Crippen molar-refractivity contribution in [3.8, 4) is 5.75 Å². The van der Waals surface area contributed by atoms with Crippen molar-refractivity contribution in [1.82, 2.24) is 4.90 Å². The SMILES string of the molecule is COc1ccc(CN)c(N2CCN3CCCCC3C2)c1. The topological polar surface area (TPSA) is 41.7 Å². The van der Waals surface area contributed by atoms with Gasteiger partial charge in [-0.05, 0) is 31.0 Å². The van der Waals surface area contributed by atoms with Gasteiger partial charge in [0.05, 0.1) is 7.11 Å². The first-order chi connectivity index (χ1) is 9.81. The van der Waals surface area contributed by atoms with Gasteiger partial charge in [0.2, 0.25) is 0 Å². The van der Waals surface area contributed by atoms with Crippen LogP contribution in [0.25, 0.3) is 0 Å². The fourth-order valence-electron chi connectivity index (χ4n) is 3.51. The number of nitrogens with two attached hydrogens (primary N) is 1. The number of hydrogen-bond donors (Lipinski definition) is 1. The van der Waals surface area contributed by atoms with Gasteiger partial charge in [0, 0.05) is 44.0 Å². The van der Waals surface area contributed by atoms with E-state index in [1.807, 2.05) is 6.07 Å². The number of piperidine rings is 1. The largest absolute Gasteiger partial charge is 0.497 e. The molecule has 0 bridgehead atoms. The number of hydrogen-bond acceptors (Lipinski definition) is 4. The third-order valence-electron chi connectivity index (χ3n) is 4.69. The summed E-state index contributed by atoms with van der Waals surface area (Å²) in [6.45, 7) is 5.26. The fraction of sp³-hybridized carbons (Fsp3) is 0.625. The van der Waals surface area contributed by atoms with E-state index in [9.17, 15) is 0 Å². The lowest BCUT2D eigenvalue weighted by Gasteiger charge is -2.45. The van der Waals surface area contributed by atoms with E-state index in [0.29, 0.717) is 12.6 Å². The van der Waals surface area contributed by atoms with Gasteiger partial charge in [-0.2, -0.15) is 0 Å². The summed E-state index contributed by atoms with van der Waals surface area (Å²) in [4.78, 5) is 5.15. The predicted molar refractivity (Wildman–Crippen MR) is 82.3 cm³/mol. The summed E-state index contributed by atoms with van der Waals surface area (Å²) in [5.41, 5.74) is 8.38. The Morgan fingerprint density at radius 2 is 2.15 bits per heavy atom. The molecule has 2 saturated heterocycles. The van der Waals surface area contributed by atoms with Crippen molar-refractivity contribution < 1.29 is 4.74 Å². The first kappa shape index (κ1) is 13.7. The van der Waals surface area contributed by atoms with Crippen molar-refractivity contribution in [3.05, 3.63) is 23.8 Å². The molecule has 4 heteroatoms. The molecule has 1 unspecified atom stereocenters. The summed E-state index contributed by atoms with van der Waals surface area (Å²) in [6, 6.07) is 6.96. The van der Waals surface area contributed by atoms with Gasteiger partial charge in [-0.25, -0.2) is 0 Å². The number of methoxy groups -OCH3 is 1. The minimum atomic E-state index is 0.588. The minimum Gasteiger partial charge on any atom is -0.497 e. The predicted octanol–water partition coefficient (Wildman–Crippen LogP) is 1.83. The first-order valence-corrected chi connectivity index (χ1v) is 7.68. The molecule has 0 amide bonds. The number of rotatable bonds is 3. The molecular weight excluding hydrogens is 250 g/mol. The van der Waals surface area contributed by atoms with Crippen molar-refractivity contribution in [2.75, 3.05) is 38.2 Å². The van der Waals surface area contributed by atoms with Crippen LogP contribution in [0, 0.1) is 0 Å². The summed E-state index contributed by atoms with van der Waals surface area (Å²) < 4.78 is 5.37. The Labute approximate surface area is 121 Å². The van der Waals surface area contributed by atoms with E-state index in [2.05, 4.69) is 21.9 Å². The molecule has 4 nitrogen and oxygen atoms in total. The maximum atomic E-state index is 5.90. The van der Waals surface area contributed by atoms with Crippen LogP contribution in [0.15, 0.2) is 18.2 Å². The lowest BCUT2D eigenvalue weighted by Crippen LogP contribution is -2.55.